The zero-order valence-electron chi connectivity index (χ0n) is 15.5. The predicted octanol–water partition coefficient (Wildman–Crippen LogP) is 0.516. The minimum Gasteiger partial charge on any atom is -0.479 e. The minimum atomic E-state index is -1.97. The molecule has 25 heavy (non-hydrogen) atoms. The van der Waals surface area contributed by atoms with E-state index in [0.29, 0.717) is 19.4 Å². The molecule has 0 fully saturated rings. The van der Waals surface area contributed by atoms with E-state index in [9.17, 15) is 19.8 Å². The lowest BCUT2D eigenvalue weighted by Crippen LogP contribution is -2.54. The summed E-state index contributed by atoms with van der Waals surface area (Å²) < 4.78 is 9.73. The van der Waals surface area contributed by atoms with Crippen molar-refractivity contribution in [3.8, 4) is 0 Å². The average molecular weight is 366 g/mol. The van der Waals surface area contributed by atoms with Crippen molar-refractivity contribution in [3.05, 3.63) is 0 Å². The van der Waals surface area contributed by atoms with E-state index in [4.69, 9.17) is 24.4 Å². The number of carboxylic acids is 1. The zero-order chi connectivity index (χ0) is 19.7. The molecule has 0 aromatic heterocycles. The highest BCUT2D eigenvalue weighted by atomic mass is 17.2. The summed E-state index contributed by atoms with van der Waals surface area (Å²) in [5.41, 5.74) is -2.61. The molecule has 0 aromatic carbocycles. The maximum atomic E-state index is 11.7. The van der Waals surface area contributed by atoms with Crippen LogP contribution in [0.1, 0.15) is 40.5 Å². The summed E-state index contributed by atoms with van der Waals surface area (Å²) in [6.45, 7) is 6.46. The van der Waals surface area contributed by atoms with Gasteiger partial charge in [0, 0.05) is 7.11 Å². The van der Waals surface area contributed by atoms with Crippen molar-refractivity contribution in [1.29, 1.82) is 0 Å². The van der Waals surface area contributed by atoms with Crippen molar-refractivity contribution < 1.29 is 44.2 Å². The van der Waals surface area contributed by atoms with Crippen molar-refractivity contribution in [1.82, 2.24) is 0 Å². The Labute approximate surface area is 147 Å². The van der Waals surface area contributed by atoms with Gasteiger partial charge >= 0.3 is 11.9 Å². The van der Waals surface area contributed by atoms with E-state index in [-0.39, 0.29) is 12.6 Å². The van der Waals surface area contributed by atoms with E-state index >= 15 is 0 Å². The highest BCUT2D eigenvalue weighted by molar-refractivity contribution is 5.78. The third kappa shape index (κ3) is 7.25. The number of ether oxygens (including phenoxy) is 2. The van der Waals surface area contributed by atoms with Gasteiger partial charge in [0.25, 0.3) is 0 Å². The molecule has 3 N–H and O–H groups in total. The first-order valence-electron chi connectivity index (χ1n) is 8.09. The van der Waals surface area contributed by atoms with Crippen LogP contribution in [0.2, 0.25) is 0 Å². The van der Waals surface area contributed by atoms with Crippen LogP contribution in [0.3, 0.4) is 0 Å². The Morgan fingerprint density at radius 3 is 2.20 bits per heavy atom. The van der Waals surface area contributed by atoms with Gasteiger partial charge in [-0.15, -0.1) is 0 Å². The molecule has 9 heteroatoms. The summed E-state index contributed by atoms with van der Waals surface area (Å²) in [6, 6.07) is 0. The van der Waals surface area contributed by atoms with Crippen LogP contribution in [0.25, 0.3) is 0 Å². The van der Waals surface area contributed by atoms with Crippen molar-refractivity contribution in [2.75, 3.05) is 26.9 Å². The van der Waals surface area contributed by atoms with Gasteiger partial charge in [-0.05, 0) is 40.5 Å². The fourth-order valence-corrected chi connectivity index (χ4v) is 1.97. The molecular weight excluding hydrogens is 336 g/mol. The minimum absolute atomic E-state index is 0.159. The standard InChI is InChI=1S/C16H30O9/c1-6-23-14(21)15(2,3)8-7-9-24-25-10-11(17)12(18)16(4,22-5)13(19)20/h11-12,17-18H,6-10H2,1-5H3,(H,19,20). The van der Waals surface area contributed by atoms with E-state index in [1.165, 1.54) is 0 Å². The summed E-state index contributed by atoms with van der Waals surface area (Å²) in [5.74, 6) is -1.70. The molecule has 9 nitrogen and oxygen atoms in total. The van der Waals surface area contributed by atoms with Gasteiger partial charge in [-0.2, -0.15) is 0 Å². The van der Waals surface area contributed by atoms with Crippen molar-refractivity contribution >= 4 is 11.9 Å². The summed E-state index contributed by atoms with van der Waals surface area (Å²) >= 11 is 0. The number of carbonyl (C=O) groups excluding carboxylic acids is 1. The molecule has 0 saturated carbocycles. The molecule has 0 spiro atoms. The van der Waals surface area contributed by atoms with Gasteiger partial charge < -0.3 is 24.8 Å². The van der Waals surface area contributed by atoms with Gasteiger partial charge in [0.2, 0.25) is 0 Å². The predicted molar refractivity (Wildman–Crippen MR) is 86.6 cm³/mol. The molecular formula is C16H30O9. The van der Waals surface area contributed by atoms with Crippen LogP contribution in [0, 0.1) is 5.41 Å². The topological polar surface area (TPSA) is 132 Å². The lowest BCUT2D eigenvalue weighted by atomic mass is 9.88. The van der Waals surface area contributed by atoms with E-state index in [0.717, 1.165) is 14.0 Å². The second-order valence-corrected chi connectivity index (χ2v) is 6.44. The number of rotatable bonds is 13. The monoisotopic (exact) mass is 366 g/mol. The summed E-state index contributed by atoms with van der Waals surface area (Å²) in [7, 11) is 1.12. The van der Waals surface area contributed by atoms with Gasteiger partial charge in [-0.1, -0.05) is 0 Å². The van der Waals surface area contributed by atoms with Gasteiger partial charge in [0.15, 0.2) is 5.60 Å². The molecule has 0 radical (unpaired) electrons. The number of methoxy groups -OCH3 is 1. The molecule has 0 saturated heterocycles. The largest absolute Gasteiger partial charge is 0.479 e. The first-order valence-corrected chi connectivity index (χ1v) is 8.09. The molecule has 148 valence electrons. The second-order valence-electron chi connectivity index (χ2n) is 6.44. The van der Waals surface area contributed by atoms with Crippen LogP contribution in [0.5, 0.6) is 0 Å². The molecule has 3 atom stereocenters. The van der Waals surface area contributed by atoms with Crippen LogP contribution < -0.4 is 0 Å². The third-order valence-corrected chi connectivity index (χ3v) is 3.96. The SMILES string of the molecule is CCOC(=O)C(C)(C)CCCOOCC(O)C(O)C(C)(OC)C(=O)O. The molecule has 0 aliphatic heterocycles. The summed E-state index contributed by atoms with van der Waals surface area (Å²) in [6.07, 6.45) is -2.20. The Morgan fingerprint density at radius 2 is 1.72 bits per heavy atom. The number of hydrogen-bond acceptors (Lipinski definition) is 8. The quantitative estimate of drug-likeness (QED) is 0.185. The maximum Gasteiger partial charge on any atom is 0.338 e. The number of carboxylic acid groups (broad SMARTS) is 1. The first-order chi connectivity index (χ1) is 11.5. The number of aliphatic hydroxyl groups is 2. The number of esters is 1. The molecule has 0 amide bonds. The summed E-state index contributed by atoms with van der Waals surface area (Å²) in [5, 5.41) is 28.7. The molecule has 0 heterocycles. The van der Waals surface area contributed by atoms with Gasteiger partial charge in [0.05, 0.1) is 18.6 Å². The Hall–Kier alpha value is -1.26. The second kappa shape index (κ2) is 10.7. The fourth-order valence-electron chi connectivity index (χ4n) is 1.97. The van der Waals surface area contributed by atoms with Crippen LogP contribution >= 0.6 is 0 Å². The fraction of sp³-hybridized carbons (Fsp3) is 0.875. The van der Waals surface area contributed by atoms with Crippen molar-refractivity contribution in [2.45, 2.75) is 58.3 Å². The zero-order valence-corrected chi connectivity index (χ0v) is 15.5. The van der Waals surface area contributed by atoms with Gasteiger partial charge in [0.1, 0.15) is 18.8 Å². The number of aliphatic carboxylic acids is 1. The Kier molecular flexibility index (Phi) is 10.1. The van der Waals surface area contributed by atoms with Gasteiger partial charge in [-0.25, -0.2) is 14.6 Å². The number of carbonyl (C=O) groups is 2. The number of hydrogen-bond donors (Lipinski definition) is 3. The molecule has 0 aliphatic carbocycles. The molecule has 3 unspecified atom stereocenters. The third-order valence-electron chi connectivity index (χ3n) is 3.96. The van der Waals surface area contributed by atoms with Crippen LogP contribution in [0.4, 0.5) is 0 Å². The number of aliphatic hydroxyl groups excluding tert-OH is 2. The lowest BCUT2D eigenvalue weighted by molar-refractivity contribution is -0.313. The van der Waals surface area contributed by atoms with E-state index in [1.54, 1.807) is 20.8 Å². The molecule has 0 aliphatic rings. The smallest absolute Gasteiger partial charge is 0.338 e. The van der Waals surface area contributed by atoms with Crippen molar-refractivity contribution in [3.63, 3.8) is 0 Å². The van der Waals surface area contributed by atoms with Crippen LogP contribution in [0.15, 0.2) is 0 Å². The lowest BCUT2D eigenvalue weighted by Gasteiger charge is -2.31. The Morgan fingerprint density at radius 1 is 1.12 bits per heavy atom. The average Bonchev–Trinajstić information content (AvgIpc) is 2.56. The normalized spacial score (nSPS) is 16.8. The molecule has 0 rings (SSSR count). The van der Waals surface area contributed by atoms with E-state index in [1.807, 2.05) is 0 Å². The summed E-state index contributed by atoms with van der Waals surface area (Å²) in [4.78, 5) is 32.5. The van der Waals surface area contributed by atoms with Crippen molar-refractivity contribution in [2.24, 2.45) is 5.41 Å². The van der Waals surface area contributed by atoms with Gasteiger partial charge in [-0.3, -0.25) is 4.79 Å². The Balaban J connectivity index is 4.13. The first kappa shape index (κ1) is 23.7. The highest BCUT2D eigenvalue weighted by Crippen LogP contribution is 2.24. The maximum absolute atomic E-state index is 11.7. The molecule has 0 bridgehead atoms. The molecule has 0 aromatic rings. The van der Waals surface area contributed by atoms with E-state index in [2.05, 4.69) is 0 Å². The Bertz CT molecular complexity index is 424. The van der Waals surface area contributed by atoms with Crippen LogP contribution in [-0.2, 0) is 28.8 Å². The van der Waals surface area contributed by atoms with E-state index < -0.39 is 35.8 Å². The highest BCUT2D eigenvalue weighted by Gasteiger charge is 2.45. The van der Waals surface area contributed by atoms with Crippen LogP contribution in [-0.4, -0.2) is 72.0 Å².